The van der Waals surface area contributed by atoms with Crippen molar-refractivity contribution in [3.8, 4) is 0 Å². The molecule has 1 unspecified atom stereocenters. The van der Waals surface area contributed by atoms with E-state index in [2.05, 4.69) is 5.32 Å². The van der Waals surface area contributed by atoms with E-state index >= 15 is 0 Å². The molecule has 0 bridgehead atoms. The summed E-state index contributed by atoms with van der Waals surface area (Å²) in [6, 6.07) is 5.94. The lowest BCUT2D eigenvalue weighted by molar-refractivity contribution is -0.122. The van der Waals surface area contributed by atoms with Crippen molar-refractivity contribution in [3.63, 3.8) is 0 Å². The van der Waals surface area contributed by atoms with E-state index in [0.717, 1.165) is 22.1 Å². The average molecular weight is 275 g/mol. The summed E-state index contributed by atoms with van der Waals surface area (Å²) in [4.78, 5) is 12.1. The lowest BCUT2D eigenvalue weighted by atomic mass is 9.99. The van der Waals surface area contributed by atoms with Crippen LogP contribution >= 0.6 is 0 Å². The van der Waals surface area contributed by atoms with E-state index in [0.29, 0.717) is 6.42 Å². The molecule has 1 aromatic carbocycles. The molecule has 1 aromatic heterocycles. The molecule has 4 nitrogen and oxygen atoms in total. The second kappa shape index (κ2) is 5.67. The number of furan rings is 1. The standard InChI is InChI=1S/C16H21NO3/c1-4-16(3,10-18)17-15(19)8-12-9-20-14-7-11(2)5-6-13(12)14/h5-7,9,18H,4,8,10H2,1-3H3,(H,17,19). The maximum atomic E-state index is 12.1. The summed E-state index contributed by atoms with van der Waals surface area (Å²) in [6.45, 7) is 5.71. The SMILES string of the molecule is CCC(C)(CO)NC(=O)Cc1coc2cc(C)ccc12. The number of aryl methyl sites for hydroxylation is 1. The van der Waals surface area contributed by atoms with Crippen LogP contribution in [0.2, 0.25) is 0 Å². The van der Waals surface area contributed by atoms with Gasteiger partial charge < -0.3 is 14.8 Å². The van der Waals surface area contributed by atoms with Gasteiger partial charge in [0.2, 0.25) is 5.91 Å². The van der Waals surface area contributed by atoms with E-state index in [1.165, 1.54) is 0 Å². The zero-order valence-corrected chi connectivity index (χ0v) is 12.2. The molecule has 2 aromatic rings. The third-order valence-electron chi connectivity index (χ3n) is 3.73. The number of rotatable bonds is 5. The van der Waals surface area contributed by atoms with E-state index in [4.69, 9.17) is 4.42 Å². The van der Waals surface area contributed by atoms with Gasteiger partial charge in [-0.2, -0.15) is 0 Å². The van der Waals surface area contributed by atoms with Gasteiger partial charge in [-0.25, -0.2) is 0 Å². The minimum atomic E-state index is -0.562. The van der Waals surface area contributed by atoms with Crippen LogP contribution < -0.4 is 5.32 Å². The zero-order chi connectivity index (χ0) is 14.8. The molecule has 0 aliphatic heterocycles. The average Bonchev–Trinajstić information content (AvgIpc) is 2.80. The van der Waals surface area contributed by atoms with Crippen molar-refractivity contribution in [2.45, 2.75) is 39.2 Å². The van der Waals surface area contributed by atoms with Crippen molar-refractivity contribution >= 4 is 16.9 Å². The first kappa shape index (κ1) is 14.6. The summed E-state index contributed by atoms with van der Waals surface area (Å²) >= 11 is 0. The molecular formula is C16H21NO3. The Bertz CT molecular complexity index is 611. The molecule has 0 aliphatic carbocycles. The summed E-state index contributed by atoms with van der Waals surface area (Å²) in [6.07, 6.45) is 2.57. The third kappa shape index (κ3) is 3.02. The van der Waals surface area contributed by atoms with E-state index in [-0.39, 0.29) is 18.9 Å². The Kier molecular flexibility index (Phi) is 4.14. The molecule has 0 fully saturated rings. The number of hydrogen-bond donors (Lipinski definition) is 2. The van der Waals surface area contributed by atoms with Crippen LogP contribution in [0, 0.1) is 6.92 Å². The highest BCUT2D eigenvalue weighted by atomic mass is 16.3. The molecule has 1 amide bonds. The fourth-order valence-electron chi connectivity index (χ4n) is 2.12. The van der Waals surface area contributed by atoms with Gasteiger partial charge in [0, 0.05) is 10.9 Å². The fraction of sp³-hybridized carbons (Fsp3) is 0.438. The number of hydrogen-bond acceptors (Lipinski definition) is 3. The second-order valence-corrected chi connectivity index (χ2v) is 5.56. The van der Waals surface area contributed by atoms with Crippen molar-refractivity contribution in [2.24, 2.45) is 0 Å². The summed E-state index contributed by atoms with van der Waals surface area (Å²) in [7, 11) is 0. The Labute approximate surface area is 118 Å². The number of fused-ring (bicyclic) bond motifs is 1. The van der Waals surface area contributed by atoms with Crippen LogP contribution in [0.25, 0.3) is 11.0 Å². The van der Waals surface area contributed by atoms with Crippen molar-refractivity contribution < 1.29 is 14.3 Å². The Morgan fingerprint density at radius 1 is 1.45 bits per heavy atom. The number of aliphatic hydroxyl groups is 1. The van der Waals surface area contributed by atoms with Gasteiger partial charge in [0.15, 0.2) is 0 Å². The predicted octanol–water partition coefficient (Wildman–Crippen LogP) is 2.56. The minimum Gasteiger partial charge on any atom is -0.464 e. The van der Waals surface area contributed by atoms with Crippen LogP contribution in [0.3, 0.4) is 0 Å². The van der Waals surface area contributed by atoms with Crippen LogP contribution in [0.4, 0.5) is 0 Å². The van der Waals surface area contributed by atoms with Crippen LogP contribution in [-0.2, 0) is 11.2 Å². The van der Waals surface area contributed by atoms with Crippen molar-refractivity contribution in [1.29, 1.82) is 0 Å². The fourth-order valence-corrected chi connectivity index (χ4v) is 2.12. The maximum absolute atomic E-state index is 12.1. The van der Waals surface area contributed by atoms with Gasteiger partial charge in [0.05, 0.1) is 24.8 Å². The van der Waals surface area contributed by atoms with Crippen molar-refractivity contribution in [1.82, 2.24) is 5.32 Å². The van der Waals surface area contributed by atoms with Crippen LogP contribution in [0.5, 0.6) is 0 Å². The number of amides is 1. The first-order chi connectivity index (χ1) is 9.47. The Balaban J connectivity index is 2.14. The maximum Gasteiger partial charge on any atom is 0.225 e. The molecule has 0 radical (unpaired) electrons. The Hall–Kier alpha value is -1.81. The molecule has 108 valence electrons. The van der Waals surface area contributed by atoms with Gasteiger partial charge in [0.25, 0.3) is 0 Å². The Morgan fingerprint density at radius 2 is 2.20 bits per heavy atom. The van der Waals surface area contributed by atoms with Gasteiger partial charge in [-0.3, -0.25) is 4.79 Å². The molecule has 1 heterocycles. The van der Waals surface area contributed by atoms with E-state index < -0.39 is 5.54 Å². The van der Waals surface area contributed by atoms with Crippen molar-refractivity contribution in [2.75, 3.05) is 6.61 Å². The second-order valence-electron chi connectivity index (χ2n) is 5.56. The topological polar surface area (TPSA) is 62.5 Å². The third-order valence-corrected chi connectivity index (χ3v) is 3.73. The van der Waals surface area contributed by atoms with Crippen molar-refractivity contribution in [3.05, 3.63) is 35.6 Å². The van der Waals surface area contributed by atoms with Crippen LogP contribution in [-0.4, -0.2) is 23.2 Å². The van der Waals surface area contributed by atoms with Crippen LogP contribution in [0.15, 0.2) is 28.9 Å². The zero-order valence-electron chi connectivity index (χ0n) is 12.2. The molecule has 2 rings (SSSR count). The van der Waals surface area contributed by atoms with E-state index in [1.54, 1.807) is 6.26 Å². The molecule has 2 N–H and O–H groups in total. The molecule has 20 heavy (non-hydrogen) atoms. The highest BCUT2D eigenvalue weighted by molar-refractivity contribution is 5.88. The molecule has 0 spiro atoms. The minimum absolute atomic E-state index is 0.0689. The molecule has 4 heteroatoms. The number of carbonyl (C=O) groups is 1. The lowest BCUT2D eigenvalue weighted by Gasteiger charge is -2.27. The van der Waals surface area contributed by atoms with E-state index in [9.17, 15) is 9.90 Å². The van der Waals surface area contributed by atoms with Crippen LogP contribution in [0.1, 0.15) is 31.4 Å². The summed E-state index contributed by atoms with van der Waals surface area (Å²) in [5, 5.41) is 13.2. The number of nitrogens with one attached hydrogen (secondary N) is 1. The Morgan fingerprint density at radius 3 is 2.85 bits per heavy atom. The van der Waals surface area contributed by atoms with Gasteiger partial charge in [-0.1, -0.05) is 19.1 Å². The summed E-state index contributed by atoms with van der Waals surface area (Å²) in [5.74, 6) is -0.105. The monoisotopic (exact) mass is 275 g/mol. The molecule has 0 aliphatic rings. The summed E-state index contributed by atoms with van der Waals surface area (Å²) < 4.78 is 5.48. The summed E-state index contributed by atoms with van der Waals surface area (Å²) in [5.41, 5.74) is 2.23. The largest absolute Gasteiger partial charge is 0.464 e. The first-order valence-electron chi connectivity index (χ1n) is 6.86. The molecule has 1 atom stereocenters. The molecular weight excluding hydrogens is 254 g/mol. The van der Waals surface area contributed by atoms with Gasteiger partial charge in [-0.15, -0.1) is 0 Å². The molecule has 0 saturated heterocycles. The number of carbonyl (C=O) groups excluding carboxylic acids is 1. The highest BCUT2D eigenvalue weighted by Crippen LogP contribution is 2.23. The van der Waals surface area contributed by atoms with Gasteiger partial charge in [-0.05, 0) is 31.9 Å². The highest BCUT2D eigenvalue weighted by Gasteiger charge is 2.23. The van der Waals surface area contributed by atoms with E-state index in [1.807, 2.05) is 39.0 Å². The lowest BCUT2D eigenvalue weighted by Crippen LogP contribution is -2.48. The number of aliphatic hydroxyl groups excluding tert-OH is 1. The first-order valence-corrected chi connectivity index (χ1v) is 6.86. The smallest absolute Gasteiger partial charge is 0.225 e. The number of benzene rings is 1. The van der Waals surface area contributed by atoms with Gasteiger partial charge in [0.1, 0.15) is 5.58 Å². The predicted molar refractivity (Wildman–Crippen MR) is 78.6 cm³/mol. The normalized spacial score (nSPS) is 14.2. The quantitative estimate of drug-likeness (QED) is 0.881. The molecule has 0 saturated carbocycles. The van der Waals surface area contributed by atoms with Gasteiger partial charge >= 0.3 is 0 Å².